The number of aliphatic hydroxyl groups excluding tert-OH is 2. The second-order valence-corrected chi connectivity index (χ2v) is 8.44. The van der Waals surface area contributed by atoms with Crippen LogP contribution in [0, 0.1) is 0 Å². The highest BCUT2D eigenvalue weighted by Gasteiger charge is 2.14. The van der Waals surface area contributed by atoms with Gasteiger partial charge in [0.25, 0.3) is 0 Å². The molecule has 178 valence electrons. The van der Waals surface area contributed by atoms with Crippen LogP contribution in [0.1, 0.15) is 34.5 Å². The molecule has 4 nitrogen and oxygen atoms in total. The third-order valence-corrected chi connectivity index (χ3v) is 5.92. The van der Waals surface area contributed by atoms with Gasteiger partial charge in [-0.15, -0.1) is 0 Å². The third-order valence-electron chi connectivity index (χ3n) is 5.92. The number of ether oxygens (including phenoxy) is 2. The summed E-state index contributed by atoms with van der Waals surface area (Å²) >= 11 is 0. The summed E-state index contributed by atoms with van der Waals surface area (Å²) in [5.41, 5.74) is 3.01. The monoisotopic (exact) mass is 474 g/mol. The summed E-state index contributed by atoms with van der Waals surface area (Å²) in [4.78, 5) is 0. The van der Waals surface area contributed by atoms with Crippen LogP contribution in [0.25, 0.3) is 0 Å². The standard InChI is InChI=1S/C32H26O4/c33-31(25-15-19-29(20-16-25)35-27-7-3-1-4-8-27)23-11-13-24(14-12-23)32(34)26-17-21-30(22-18-26)36-28-9-5-2-6-10-28/h1-22,31-34H. The molecule has 0 aliphatic carbocycles. The second kappa shape index (κ2) is 10.9. The van der Waals surface area contributed by atoms with Gasteiger partial charge in [-0.25, -0.2) is 0 Å². The normalized spacial score (nSPS) is 12.5. The quantitative estimate of drug-likeness (QED) is 0.245. The Balaban J connectivity index is 1.22. The van der Waals surface area contributed by atoms with Gasteiger partial charge in [0.1, 0.15) is 35.2 Å². The molecule has 5 aromatic carbocycles. The maximum absolute atomic E-state index is 10.9. The van der Waals surface area contributed by atoms with E-state index in [2.05, 4.69) is 0 Å². The lowest BCUT2D eigenvalue weighted by Crippen LogP contribution is -2.02. The molecule has 0 amide bonds. The Labute approximate surface area is 210 Å². The summed E-state index contributed by atoms with van der Waals surface area (Å²) in [6, 6.07) is 41.3. The Morgan fingerprint density at radius 2 is 0.583 bits per heavy atom. The van der Waals surface area contributed by atoms with Crippen molar-refractivity contribution in [1.29, 1.82) is 0 Å². The van der Waals surface area contributed by atoms with Crippen LogP contribution in [0.2, 0.25) is 0 Å². The van der Waals surface area contributed by atoms with Crippen LogP contribution >= 0.6 is 0 Å². The van der Waals surface area contributed by atoms with E-state index in [9.17, 15) is 10.2 Å². The number of hydrogen-bond acceptors (Lipinski definition) is 4. The lowest BCUT2D eigenvalue weighted by atomic mass is 9.97. The molecule has 5 rings (SSSR count). The van der Waals surface area contributed by atoms with Crippen molar-refractivity contribution in [3.8, 4) is 23.0 Å². The van der Waals surface area contributed by atoms with Crippen molar-refractivity contribution in [2.75, 3.05) is 0 Å². The molecule has 36 heavy (non-hydrogen) atoms. The van der Waals surface area contributed by atoms with Gasteiger partial charge < -0.3 is 19.7 Å². The molecule has 0 saturated carbocycles. The van der Waals surface area contributed by atoms with Crippen molar-refractivity contribution in [3.63, 3.8) is 0 Å². The Morgan fingerprint density at radius 3 is 0.889 bits per heavy atom. The molecule has 4 heteroatoms. The maximum atomic E-state index is 10.9. The molecular formula is C32H26O4. The van der Waals surface area contributed by atoms with E-state index in [0.29, 0.717) is 11.5 Å². The smallest absolute Gasteiger partial charge is 0.127 e. The fourth-order valence-electron chi connectivity index (χ4n) is 3.93. The zero-order valence-electron chi connectivity index (χ0n) is 19.6. The third kappa shape index (κ3) is 5.63. The van der Waals surface area contributed by atoms with Gasteiger partial charge in [-0.3, -0.25) is 0 Å². The summed E-state index contributed by atoms with van der Waals surface area (Å²) in [7, 11) is 0. The van der Waals surface area contributed by atoms with Crippen LogP contribution in [0.5, 0.6) is 23.0 Å². The molecule has 2 atom stereocenters. The molecule has 0 heterocycles. The van der Waals surface area contributed by atoms with Gasteiger partial charge in [0.15, 0.2) is 0 Å². The van der Waals surface area contributed by atoms with Gasteiger partial charge in [0.2, 0.25) is 0 Å². The van der Waals surface area contributed by atoms with E-state index in [-0.39, 0.29) is 0 Å². The van der Waals surface area contributed by atoms with Crippen molar-refractivity contribution in [2.45, 2.75) is 12.2 Å². The first-order valence-electron chi connectivity index (χ1n) is 11.8. The number of hydrogen-bond donors (Lipinski definition) is 2. The molecular weight excluding hydrogens is 448 g/mol. The minimum Gasteiger partial charge on any atom is -0.457 e. The lowest BCUT2D eigenvalue weighted by molar-refractivity contribution is 0.216. The fourth-order valence-corrected chi connectivity index (χ4v) is 3.93. The van der Waals surface area contributed by atoms with Crippen molar-refractivity contribution < 1.29 is 19.7 Å². The van der Waals surface area contributed by atoms with Gasteiger partial charge in [0, 0.05) is 0 Å². The van der Waals surface area contributed by atoms with E-state index in [1.165, 1.54) is 0 Å². The molecule has 0 radical (unpaired) electrons. The average molecular weight is 475 g/mol. The first kappa shape index (κ1) is 23.4. The summed E-state index contributed by atoms with van der Waals surface area (Å²) in [5, 5.41) is 21.7. The van der Waals surface area contributed by atoms with E-state index < -0.39 is 12.2 Å². The zero-order chi connectivity index (χ0) is 24.7. The van der Waals surface area contributed by atoms with E-state index in [4.69, 9.17) is 9.47 Å². The minimum absolute atomic E-state index is 0.704. The molecule has 0 fully saturated rings. The molecule has 0 aliphatic heterocycles. The van der Waals surface area contributed by atoms with Crippen molar-refractivity contribution in [1.82, 2.24) is 0 Å². The van der Waals surface area contributed by atoms with E-state index in [1.54, 1.807) is 0 Å². The summed E-state index contributed by atoms with van der Waals surface area (Å²) < 4.78 is 11.6. The van der Waals surface area contributed by atoms with Gasteiger partial charge in [-0.05, 0) is 70.8 Å². The van der Waals surface area contributed by atoms with Crippen LogP contribution in [0.4, 0.5) is 0 Å². The fraction of sp³-hybridized carbons (Fsp3) is 0.0625. The molecule has 0 aromatic heterocycles. The molecule has 0 saturated heterocycles. The van der Waals surface area contributed by atoms with Gasteiger partial charge >= 0.3 is 0 Å². The summed E-state index contributed by atoms with van der Waals surface area (Å²) in [5.74, 6) is 2.93. The van der Waals surface area contributed by atoms with Crippen LogP contribution in [-0.2, 0) is 0 Å². The van der Waals surface area contributed by atoms with Crippen LogP contribution < -0.4 is 9.47 Å². The predicted molar refractivity (Wildman–Crippen MR) is 140 cm³/mol. The highest BCUT2D eigenvalue weighted by atomic mass is 16.5. The van der Waals surface area contributed by atoms with Crippen molar-refractivity contribution in [2.24, 2.45) is 0 Å². The highest BCUT2D eigenvalue weighted by molar-refractivity contribution is 5.40. The first-order valence-corrected chi connectivity index (χ1v) is 11.8. The van der Waals surface area contributed by atoms with Crippen molar-refractivity contribution >= 4 is 0 Å². The van der Waals surface area contributed by atoms with Crippen molar-refractivity contribution in [3.05, 3.63) is 156 Å². The van der Waals surface area contributed by atoms with Crippen LogP contribution in [0.3, 0.4) is 0 Å². The number of para-hydroxylation sites is 2. The van der Waals surface area contributed by atoms with Crippen LogP contribution in [0.15, 0.2) is 133 Å². The molecule has 5 aromatic rings. The second-order valence-electron chi connectivity index (χ2n) is 8.44. The molecule has 2 N–H and O–H groups in total. The molecule has 0 aliphatic rings. The SMILES string of the molecule is OC(c1ccc(Oc2ccccc2)cc1)c1ccc(C(O)c2ccc(Oc3ccccc3)cc2)cc1. The molecule has 0 spiro atoms. The van der Waals surface area contributed by atoms with E-state index in [1.807, 2.05) is 133 Å². The van der Waals surface area contributed by atoms with Gasteiger partial charge in [-0.2, -0.15) is 0 Å². The maximum Gasteiger partial charge on any atom is 0.127 e. The Kier molecular flexibility index (Phi) is 7.08. The Morgan fingerprint density at radius 1 is 0.333 bits per heavy atom. The average Bonchev–Trinajstić information content (AvgIpc) is 2.94. The summed E-state index contributed by atoms with van der Waals surface area (Å²) in [6.45, 7) is 0. The topological polar surface area (TPSA) is 58.9 Å². The van der Waals surface area contributed by atoms with Crippen LogP contribution in [-0.4, -0.2) is 10.2 Å². The largest absolute Gasteiger partial charge is 0.457 e. The molecule has 2 unspecified atom stereocenters. The highest BCUT2D eigenvalue weighted by Crippen LogP contribution is 2.30. The number of rotatable bonds is 8. The van der Waals surface area contributed by atoms with Gasteiger partial charge in [0.05, 0.1) is 0 Å². The predicted octanol–water partition coefficient (Wildman–Crippen LogP) is 7.43. The lowest BCUT2D eigenvalue weighted by Gasteiger charge is -2.16. The molecule has 0 bridgehead atoms. The van der Waals surface area contributed by atoms with Gasteiger partial charge in [-0.1, -0.05) is 84.9 Å². The first-order chi connectivity index (χ1) is 17.7. The minimum atomic E-state index is -0.781. The van der Waals surface area contributed by atoms with E-state index >= 15 is 0 Å². The Hall–Kier alpha value is -4.38. The van der Waals surface area contributed by atoms with E-state index in [0.717, 1.165) is 33.8 Å². The Bertz CT molecular complexity index is 1260. The number of benzene rings is 5. The summed E-state index contributed by atoms with van der Waals surface area (Å²) in [6.07, 6.45) is -1.56. The zero-order valence-corrected chi connectivity index (χ0v) is 19.6. The number of aliphatic hydroxyl groups is 2.